The second-order valence-electron chi connectivity index (χ2n) is 12.8. The van der Waals surface area contributed by atoms with E-state index >= 15 is 0 Å². The molecule has 1 aliphatic rings. The molecule has 9 nitrogen and oxygen atoms in total. The van der Waals surface area contributed by atoms with Gasteiger partial charge >= 0.3 is 6.03 Å². The Labute approximate surface area is 284 Å². The summed E-state index contributed by atoms with van der Waals surface area (Å²) in [7, 11) is 0. The maximum atomic E-state index is 15.0. The molecule has 0 saturated carbocycles. The van der Waals surface area contributed by atoms with E-state index < -0.39 is 34.9 Å². The molecule has 1 saturated heterocycles. The van der Waals surface area contributed by atoms with Crippen LogP contribution < -0.4 is 11.5 Å². The lowest BCUT2D eigenvalue weighted by Gasteiger charge is -2.44. The Morgan fingerprint density at radius 2 is 0.959 bits per heavy atom. The molecule has 256 valence electrons. The molecule has 0 bridgehead atoms. The smallest absolute Gasteiger partial charge is 0.333 e. The number of nitrogens with zero attached hydrogens (tertiary/aromatic N) is 2. The van der Waals surface area contributed by atoms with Crippen molar-refractivity contribution in [1.82, 2.24) is 9.80 Å². The molecule has 0 aliphatic carbocycles. The lowest BCUT2D eigenvalue weighted by atomic mass is 9.71. The first-order valence-electron chi connectivity index (χ1n) is 16.7. The maximum Gasteiger partial charge on any atom is 0.333 e. The summed E-state index contributed by atoms with van der Waals surface area (Å²) < 4.78 is 29.9. The van der Waals surface area contributed by atoms with E-state index in [0.717, 1.165) is 9.80 Å². The average molecular weight is 669 g/mol. The molecule has 4 amide bonds. The second kappa shape index (κ2) is 15.4. The lowest BCUT2D eigenvalue weighted by molar-refractivity contribution is -0.159. The number of nitrogens with two attached hydrogens (primary N) is 2. The van der Waals surface area contributed by atoms with Crippen LogP contribution in [-0.2, 0) is 22.4 Å². The number of unbranched alkanes of at least 4 members (excludes halogenated alkanes) is 4. The van der Waals surface area contributed by atoms with Crippen LogP contribution in [0.25, 0.3) is 21.5 Å². The van der Waals surface area contributed by atoms with Crippen molar-refractivity contribution in [2.75, 3.05) is 13.1 Å². The van der Waals surface area contributed by atoms with Crippen LogP contribution in [0.15, 0.2) is 72.8 Å². The topological polar surface area (TPSA) is 157 Å². The molecule has 1 fully saturated rings. The van der Waals surface area contributed by atoms with Gasteiger partial charge in [-0.05, 0) is 72.6 Å². The van der Waals surface area contributed by atoms with Crippen LogP contribution in [0.2, 0.25) is 0 Å². The Morgan fingerprint density at radius 3 is 1.35 bits per heavy atom. The zero-order valence-electron chi connectivity index (χ0n) is 27.4. The van der Waals surface area contributed by atoms with E-state index in [4.69, 9.17) is 22.3 Å². The number of amidine groups is 2. The van der Waals surface area contributed by atoms with Gasteiger partial charge in [-0.15, -0.1) is 0 Å². The van der Waals surface area contributed by atoms with Crippen LogP contribution in [0.1, 0.15) is 62.5 Å². The molecule has 6 N–H and O–H groups in total. The first-order valence-corrected chi connectivity index (χ1v) is 16.7. The fraction of sp³-hybridized carbons (Fsp3) is 0.342. The van der Waals surface area contributed by atoms with E-state index in [0.29, 0.717) is 84.0 Å². The molecule has 0 spiro atoms. The van der Waals surface area contributed by atoms with Crippen molar-refractivity contribution in [2.45, 2.75) is 64.2 Å². The summed E-state index contributed by atoms with van der Waals surface area (Å²) >= 11 is 0. The molecule has 1 heterocycles. The van der Waals surface area contributed by atoms with E-state index in [2.05, 4.69) is 0 Å². The molecule has 0 aromatic heterocycles. The van der Waals surface area contributed by atoms with Crippen LogP contribution in [-0.4, -0.2) is 52.4 Å². The highest BCUT2D eigenvalue weighted by atomic mass is 19.1. The SMILES string of the molecule is N=C(N)CCCCCN1C(=O)N(CCCCCC(=N)N)C(=O)C(Cc2ccc(F)c3ccccc23)(Cc2ccc(F)c3ccccc23)C1=O. The van der Waals surface area contributed by atoms with Gasteiger partial charge in [0.1, 0.15) is 17.0 Å². The molecule has 0 unspecified atom stereocenters. The molecule has 4 aromatic carbocycles. The second-order valence-corrected chi connectivity index (χ2v) is 12.8. The predicted octanol–water partition coefficient (Wildman–Crippen LogP) is 6.83. The Kier molecular flexibility index (Phi) is 11.0. The number of hydrogen-bond acceptors (Lipinski definition) is 5. The highest BCUT2D eigenvalue weighted by Gasteiger charge is 2.57. The van der Waals surface area contributed by atoms with Crippen LogP contribution in [0.3, 0.4) is 0 Å². The van der Waals surface area contributed by atoms with Crippen molar-refractivity contribution in [3.8, 4) is 0 Å². The number of carbonyl (C=O) groups is 3. The van der Waals surface area contributed by atoms with Gasteiger partial charge in [0.15, 0.2) is 0 Å². The summed E-state index contributed by atoms with van der Waals surface area (Å²) in [5.41, 5.74) is 10.4. The van der Waals surface area contributed by atoms with Crippen molar-refractivity contribution < 1.29 is 23.2 Å². The van der Waals surface area contributed by atoms with E-state index in [1.165, 1.54) is 12.1 Å². The van der Waals surface area contributed by atoms with Gasteiger partial charge in [-0.2, -0.15) is 0 Å². The highest BCUT2D eigenvalue weighted by molar-refractivity contribution is 6.19. The van der Waals surface area contributed by atoms with Gasteiger partial charge in [0, 0.05) is 36.7 Å². The zero-order valence-corrected chi connectivity index (χ0v) is 27.4. The van der Waals surface area contributed by atoms with Crippen molar-refractivity contribution >= 4 is 51.1 Å². The lowest BCUT2D eigenvalue weighted by Crippen LogP contribution is -2.66. The summed E-state index contributed by atoms with van der Waals surface area (Å²) in [6.07, 6.45) is 3.87. The van der Waals surface area contributed by atoms with Gasteiger partial charge in [-0.3, -0.25) is 30.2 Å². The number of carbonyl (C=O) groups excluding carboxylic acids is 3. The van der Waals surface area contributed by atoms with E-state index in [9.17, 15) is 23.2 Å². The Hall–Kier alpha value is -5.19. The van der Waals surface area contributed by atoms with Gasteiger partial charge in [0.05, 0.1) is 11.7 Å². The number of halogens is 2. The molecule has 49 heavy (non-hydrogen) atoms. The standard InChI is InChI=1S/C38H42F2N6O3/c39-31-19-17-25(27-11-5-7-13-29(27)31)23-38(24-26-18-20-32(40)30-14-8-6-12-28(26)30)35(47)45(21-9-1-3-15-33(41)42)37(49)46(36(38)48)22-10-2-4-16-34(43)44/h5-8,11-14,17-20H,1-4,9-10,15-16,21-24H2,(H3,41,42)(H3,43,44). The third-order valence-electron chi connectivity index (χ3n) is 9.33. The normalized spacial score (nSPS) is 14.6. The van der Waals surface area contributed by atoms with Crippen molar-refractivity contribution in [3.63, 3.8) is 0 Å². The molecule has 4 aromatic rings. The number of barbiturate groups is 1. The van der Waals surface area contributed by atoms with Crippen LogP contribution >= 0.6 is 0 Å². The van der Waals surface area contributed by atoms with E-state index in [-0.39, 0.29) is 37.6 Å². The minimum atomic E-state index is -1.81. The summed E-state index contributed by atoms with van der Waals surface area (Å²) in [6.45, 7) is 0.111. The largest absolute Gasteiger partial charge is 0.388 e. The third-order valence-corrected chi connectivity index (χ3v) is 9.33. The number of urea groups is 1. The predicted molar refractivity (Wildman–Crippen MR) is 187 cm³/mol. The Morgan fingerprint density at radius 1 is 0.571 bits per heavy atom. The van der Waals surface area contributed by atoms with Crippen LogP contribution in [0.5, 0.6) is 0 Å². The quantitative estimate of drug-likeness (QED) is 0.0446. The molecule has 0 atom stereocenters. The van der Waals surface area contributed by atoms with Crippen LogP contribution in [0.4, 0.5) is 13.6 Å². The molecule has 5 rings (SSSR count). The highest BCUT2D eigenvalue weighted by Crippen LogP contribution is 2.40. The summed E-state index contributed by atoms with van der Waals surface area (Å²) in [5, 5.41) is 16.8. The fourth-order valence-electron chi connectivity index (χ4n) is 6.82. The number of rotatable bonds is 16. The van der Waals surface area contributed by atoms with Crippen molar-refractivity contribution in [2.24, 2.45) is 16.9 Å². The fourth-order valence-corrected chi connectivity index (χ4v) is 6.82. The van der Waals surface area contributed by atoms with Gasteiger partial charge in [0.2, 0.25) is 11.8 Å². The van der Waals surface area contributed by atoms with Crippen LogP contribution in [0, 0.1) is 27.9 Å². The minimum absolute atomic E-state index is 0.0553. The molecular weight excluding hydrogens is 626 g/mol. The molecule has 11 heteroatoms. The van der Waals surface area contributed by atoms with Crippen molar-refractivity contribution in [3.05, 3.63) is 95.6 Å². The summed E-state index contributed by atoms with van der Waals surface area (Å²) in [5.74, 6) is -2.05. The number of fused-ring (bicyclic) bond motifs is 2. The average Bonchev–Trinajstić information content (AvgIpc) is 3.08. The van der Waals surface area contributed by atoms with Gasteiger partial charge < -0.3 is 11.5 Å². The van der Waals surface area contributed by atoms with Gasteiger partial charge in [-0.25, -0.2) is 13.6 Å². The first kappa shape index (κ1) is 35.1. The molecular formula is C38H42F2N6O3. The number of benzene rings is 4. The number of imide groups is 2. The minimum Gasteiger partial charge on any atom is -0.388 e. The third kappa shape index (κ3) is 7.61. The maximum absolute atomic E-state index is 15.0. The molecule has 0 radical (unpaired) electrons. The molecule has 1 aliphatic heterocycles. The Bertz CT molecular complexity index is 1780. The number of nitrogens with one attached hydrogen (secondary N) is 2. The first-order chi connectivity index (χ1) is 23.5. The monoisotopic (exact) mass is 668 g/mol. The van der Waals surface area contributed by atoms with Gasteiger partial charge in [0.25, 0.3) is 0 Å². The van der Waals surface area contributed by atoms with E-state index in [1.54, 1.807) is 60.7 Å². The van der Waals surface area contributed by atoms with Gasteiger partial charge in [-0.1, -0.05) is 73.5 Å². The van der Waals surface area contributed by atoms with Crippen molar-refractivity contribution in [1.29, 1.82) is 10.8 Å². The Balaban J connectivity index is 1.61. The van der Waals surface area contributed by atoms with E-state index in [1.807, 2.05) is 0 Å². The number of amides is 4. The zero-order chi connectivity index (χ0) is 35.1. The summed E-state index contributed by atoms with van der Waals surface area (Å²) in [4.78, 5) is 46.0. The summed E-state index contributed by atoms with van der Waals surface area (Å²) in [6, 6.07) is 18.8. The number of hydrogen-bond donors (Lipinski definition) is 4.